The highest BCUT2D eigenvalue weighted by Crippen LogP contribution is 2.27. The predicted molar refractivity (Wildman–Crippen MR) is 90.4 cm³/mol. The molecule has 3 rings (SSSR count). The molecule has 0 saturated heterocycles. The molecular formula is C15H15N3O3S2. The summed E-state index contributed by atoms with van der Waals surface area (Å²) in [6.07, 6.45) is 1.63. The van der Waals surface area contributed by atoms with Gasteiger partial charge in [-0.25, -0.2) is 4.98 Å². The van der Waals surface area contributed by atoms with Crippen LogP contribution in [0.25, 0.3) is 10.8 Å². The van der Waals surface area contributed by atoms with E-state index in [2.05, 4.69) is 15.5 Å². The number of amides is 1. The van der Waals surface area contributed by atoms with Gasteiger partial charge in [-0.15, -0.1) is 23.1 Å². The molecule has 0 fully saturated rings. The van der Waals surface area contributed by atoms with Gasteiger partial charge in [0.05, 0.1) is 22.9 Å². The molecule has 6 nitrogen and oxygen atoms in total. The molecule has 3 aromatic heterocycles. The molecule has 0 aliphatic heterocycles. The SMILES string of the molecule is Cc1cc(NC(=O)[C@@H](C)SCc2csc(-c3ccco3)n2)on1. The van der Waals surface area contributed by atoms with Gasteiger partial charge >= 0.3 is 0 Å². The van der Waals surface area contributed by atoms with Gasteiger partial charge in [-0.05, 0) is 26.0 Å². The normalized spacial score (nSPS) is 12.3. The molecule has 3 aromatic rings. The summed E-state index contributed by atoms with van der Waals surface area (Å²) in [5.41, 5.74) is 1.66. The van der Waals surface area contributed by atoms with Gasteiger partial charge in [0.15, 0.2) is 10.8 Å². The van der Waals surface area contributed by atoms with Crippen molar-refractivity contribution in [3.05, 3.63) is 41.2 Å². The van der Waals surface area contributed by atoms with Gasteiger partial charge in [0, 0.05) is 17.2 Å². The molecular weight excluding hydrogens is 334 g/mol. The van der Waals surface area contributed by atoms with Gasteiger partial charge in [-0.1, -0.05) is 5.16 Å². The molecule has 1 amide bonds. The van der Waals surface area contributed by atoms with E-state index in [1.165, 1.54) is 23.1 Å². The number of furan rings is 1. The van der Waals surface area contributed by atoms with Crippen molar-refractivity contribution >= 4 is 34.9 Å². The standard InChI is InChI=1S/C15H15N3O3S2/c1-9-6-13(21-18-9)17-14(19)10(2)22-7-11-8-23-15(16-11)12-4-3-5-20-12/h3-6,8,10H,7H2,1-2H3,(H,17,19)/t10-/m1/s1. The molecule has 0 aromatic carbocycles. The summed E-state index contributed by atoms with van der Waals surface area (Å²) in [7, 11) is 0. The summed E-state index contributed by atoms with van der Waals surface area (Å²) in [4.78, 5) is 16.6. The maximum atomic E-state index is 12.1. The van der Waals surface area contributed by atoms with Crippen LogP contribution in [0.4, 0.5) is 5.88 Å². The Morgan fingerprint density at radius 3 is 3.09 bits per heavy atom. The summed E-state index contributed by atoms with van der Waals surface area (Å²) in [5, 5.41) is 9.04. The molecule has 0 aliphatic rings. The Hall–Kier alpha value is -2.06. The lowest BCUT2D eigenvalue weighted by Crippen LogP contribution is -2.22. The molecule has 0 unspecified atom stereocenters. The Bertz CT molecular complexity index is 780. The summed E-state index contributed by atoms with van der Waals surface area (Å²) < 4.78 is 10.3. The van der Waals surface area contributed by atoms with E-state index in [1.807, 2.05) is 24.4 Å². The van der Waals surface area contributed by atoms with Crippen LogP contribution >= 0.6 is 23.1 Å². The average molecular weight is 349 g/mol. The lowest BCUT2D eigenvalue weighted by atomic mass is 10.4. The van der Waals surface area contributed by atoms with Gasteiger partial charge < -0.3 is 8.94 Å². The van der Waals surface area contributed by atoms with Crippen LogP contribution in [0.1, 0.15) is 18.3 Å². The zero-order chi connectivity index (χ0) is 16.2. The van der Waals surface area contributed by atoms with E-state index in [4.69, 9.17) is 8.94 Å². The molecule has 0 saturated carbocycles. The molecule has 0 radical (unpaired) electrons. The van der Waals surface area contributed by atoms with E-state index in [9.17, 15) is 4.79 Å². The fourth-order valence-corrected chi connectivity index (χ4v) is 3.49. The van der Waals surface area contributed by atoms with Gasteiger partial charge in [-0.3, -0.25) is 10.1 Å². The van der Waals surface area contributed by atoms with Crippen LogP contribution in [0.2, 0.25) is 0 Å². The first-order valence-corrected chi connectivity index (χ1v) is 8.89. The van der Waals surface area contributed by atoms with Crippen molar-refractivity contribution in [1.82, 2.24) is 10.1 Å². The fourth-order valence-electron chi connectivity index (χ4n) is 1.82. The fraction of sp³-hybridized carbons (Fsp3) is 0.267. The lowest BCUT2D eigenvalue weighted by molar-refractivity contribution is -0.115. The van der Waals surface area contributed by atoms with Crippen LogP contribution in [0.5, 0.6) is 0 Å². The zero-order valence-corrected chi connectivity index (χ0v) is 14.2. The predicted octanol–water partition coefficient (Wildman–Crippen LogP) is 3.96. The second kappa shape index (κ2) is 7.01. The maximum absolute atomic E-state index is 12.1. The third-order valence-corrected chi connectivity index (χ3v) is 5.09. The summed E-state index contributed by atoms with van der Waals surface area (Å²) in [6.45, 7) is 3.65. The number of carbonyl (C=O) groups excluding carboxylic acids is 1. The zero-order valence-electron chi connectivity index (χ0n) is 12.6. The molecule has 0 spiro atoms. The van der Waals surface area contributed by atoms with Gasteiger partial charge in [-0.2, -0.15) is 0 Å². The summed E-state index contributed by atoms with van der Waals surface area (Å²) >= 11 is 3.04. The van der Waals surface area contributed by atoms with Crippen molar-refractivity contribution in [3.8, 4) is 10.8 Å². The van der Waals surface area contributed by atoms with Crippen molar-refractivity contribution in [3.63, 3.8) is 0 Å². The summed E-state index contributed by atoms with van der Waals surface area (Å²) in [5.74, 6) is 1.67. The minimum atomic E-state index is -0.228. The molecule has 1 N–H and O–H groups in total. The van der Waals surface area contributed by atoms with Crippen molar-refractivity contribution < 1.29 is 13.7 Å². The van der Waals surface area contributed by atoms with Gasteiger partial charge in [0.1, 0.15) is 0 Å². The third-order valence-electron chi connectivity index (χ3n) is 3.01. The van der Waals surface area contributed by atoms with Crippen LogP contribution in [0.3, 0.4) is 0 Å². The van der Waals surface area contributed by atoms with E-state index < -0.39 is 0 Å². The maximum Gasteiger partial charge on any atom is 0.239 e. The van der Waals surface area contributed by atoms with Gasteiger partial charge in [0.2, 0.25) is 11.8 Å². The first-order valence-electron chi connectivity index (χ1n) is 6.96. The highest BCUT2D eigenvalue weighted by Gasteiger charge is 2.16. The Morgan fingerprint density at radius 1 is 1.52 bits per heavy atom. The van der Waals surface area contributed by atoms with E-state index in [0.717, 1.165) is 22.2 Å². The van der Waals surface area contributed by atoms with E-state index in [0.29, 0.717) is 11.6 Å². The quantitative estimate of drug-likeness (QED) is 0.725. The number of rotatable bonds is 6. The average Bonchev–Trinajstić information content (AvgIpc) is 3.26. The molecule has 3 heterocycles. The largest absolute Gasteiger partial charge is 0.462 e. The number of hydrogen-bond donors (Lipinski definition) is 1. The number of thiazole rings is 1. The minimum Gasteiger partial charge on any atom is -0.462 e. The Kier molecular flexibility index (Phi) is 4.82. The number of anilines is 1. The number of aryl methyl sites for hydroxylation is 1. The first-order chi connectivity index (χ1) is 11.1. The van der Waals surface area contributed by atoms with Crippen LogP contribution in [0, 0.1) is 6.92 Å². The second-order valence-corrected chi connectivity index (χ2v) is 7.08. The van der Waals surface area contributed by atoms with Crippen LogP contribution in [0.15, 0.2) is 38.8 Å². The van der Waals surface area contributed by atoms with Gasteiger partial charge in [0.25, 0.3) is 0 Å². The van der Waals surface area contributed by atoms with Crippen LogP contribution in [-0.4, -0.2) is 21.3 Å². The molecule has 1 atom stereocenters. The minimum absolute atomic E-state index is 0.118. The summed E-state index contributed by atoms with van der Waals surface area (Å²) in [6, 6.07) is 5.40. The monoisotopic (exact) mass is 349 g/mol. The van der Waals surface area contributed by atoms with E-state index in [1.54, 1.807) is 19.3 Å². The molecule has 120 valence electrons. The molecule has 8 heteroatoms. The number of aromatic nitrogens is 2. The highest BCUT2D eigenvalue weighted by molar-refractivity contribution is 7.99. The topological polar surface area (TPSA) is 81.2 Å². The number of nitrogens with one attached hydrogen (secondary N) is 1. The number of carbonyl (C=O) groups is 1. The second-order valence-electron chi connectivity index (χ2n) is 4.90. The number of hydrogen-bond acceptors (Lipinski definition) is 7. The highest BCUT2D eigenvalue weighted by atomic mass is 32.2. The lowest BCUT2D eigenvalue weighted by Gasteiger charge is -2.08. The van der Waals surface area contributed by atoms with E-state index in [-0.39, 0.29) is 11.2 Å². The number of nitrogens with zero attached hydrogens (tertiary/aromatic N) is 2. The molecule has 0 bridgehead atoms. The first kappa shape index (κ1) is 15.8. The molecule has 0 aliphatic carbocycles. The molecule has 23 heavy (non-hydrogen) atoms. The third kappa shape index (κ3) is 4.02. The van der Waals surface area contributed by atoms with Crippen molar-refractivity contribution in [2.24, 2.45) is 0 Å². The van der Waals surface area contributed by atoms with Crippen molar-refractivity contribution in [2.45, 2.75) is 24.9 Å². The van der Waals surface area contributed by atoms with E-state index >= 15 is 0 Å². The van der Waals surface area contributed by atoms with Crippen LogP contribution < -0.4 is 5.32 Å². The van der Waals surface area contributed by atoms with Crippen molar-refractivity contribution in [1.29, 1.82) is 0 Å². The Morgan fingerprint density at radius 2 is 2.39 bits per heavy atom. The number of thioether (sulfide) groups is 1. The van der Waals surface area contributed by atoms with Crippen LogP contribution in [-0.2, 0) is 10.5 Å². The smallest absolute Gasteiger partial charge is 0.239 e. The van der Waals surface area contributed by atoms with Crippen molar-refractivity contribution in [2.75, 3.05) is 5.32 Å². The Balaban J connectivity index is 1.52. The Labute approximate surface area is 141 Å².